The van der Waals surface area contributed by atoms with Gasteiger partial charge in [-0.05, 0) is 32.0 Å². The van der Waals surface area contributed by atoms with Crippen LogP contribution in [0.1, 0.15) is 24.2 Å². The van der Waals surface area contributed by atoms with E-state index < -0.39 is 23.3 Å². The van der Waals surface area contributed by atoms with E-state index in [2.05, 4.69) is 5.32 Å². The van der Waals surface area contributed by atoms with Crippen LogP contribution in [0, 0.1) is 0 Å². The molecule has 1 aromatic carbocycles. The first-order chi connectivity index (χ1) is 9.21. The summed E-state index contributed by atoms with van der Waals surface area (Å²) in [6.07, 6.45) is 0. The van der Waals surface area contributed by atoms with Crippen LogP contribution in [0.4, 0.5) is 11.4 Å². The molecule has 0 spiro atoms. The first kappa shape index (κ1) is 13.9. The van der Waals surface area contributed by atoms with Crippen molar-refractivity contribution >= 4 is 29.1 Å². The minimum Gasteiger partial charge on any atom is -0.399 e. The molecule has 106 valence electrons. The van der Waals surface area contributed by atoms with Crippen LogP contribution in [0.15, 0.2) is 18.2 Å². The SMILES string of the molecule is CC1(C)C(=O)NC(=O)CN1C(=O)c1cc(N)cc(N)c1. The molecule has 0 radical (unpaired) electrons. The molecule has 7 heteroatoms. The predicted octanol–water partition coefficient (Wildman–Crippen LogP) is -0.272. The fourth-order valence-electron chi connectivity index (χ4n) is 2.06. The van der Waals surface area contributed by atoms with E-state index in [0.29, 0.717) is 11.4 Å². The average molecular weight is 276 g/mol. The van der Waals surface area contributed by atoms with Gasteiger partial charge in [-0.15, -0.1) is 0 Å². The topological polar surface area (TPSA) is 119 Å². The summed E-state index contributed by atoms with van der Waals surface area (Å²) in [5.74, 6) is -1.49. The normalized spacial score (nSPS) is 17.8. The number of piperazine rings is 1. The lowest BCUT2D eigenvalue weighted by Crippen LogP contribution is -2.65. The van der Waals surface area contributed by atoms with E-state index in [1.54, 1.807) is 13.8 Å². The van der Waals surface area contributed by atoms with Crippen molar-refractivity contribution in [1.82, 2.24) is 10.2 Å². The lowest BCUT2D eigenvalue weighted by molar-refractivity contribution is -0.143. The molecule has 0 aromatic heterocycles. The number of imide groups is 1. The summed E-state index contributed by atoms with van der Waals surface area (Å²) in [6.45, 7) is 2.96. The Morgan fingerprint density at radius 1 is 1.20 bits per heavy atom. The van der Waals surface area contributed by atoms with Crippen molar-refractivity contribution in [2.75, 3.05) is 18.0 Å². The second-order valence-corrected chi connectivity index (χ2v) is 5.22. The molecule has 0 bridgehead atoms. The van der Waals surface area contributed by atoms with E-state index in [-0.39, 0.29) is 12.1 Å². The third-order valence-corrected chi connectivity index (χ3v) is 3.25. The van der Waals surface area contributed by atoms with Gasteiger partial charge in [0.05, 0.1) is 0 Å². The van der Waals surface area contributed by atoms with Crippen LogP contribution in [0.25, 0.3) is 0 Å². The number of hydrogen-bond donors (Lipinski definition) is 3. The number of rotatable bonds is 1. The van der Waals surface area contributed by atoms with Gasteiger partial charge in [0, 0.05) is 16.9 Å². The van der Waals surface area contributed by atoms with Gasteiger partial charge in [-0.2, -0.15) is 0 Å². The minimum atomic E-state index is -1.12. The molecule has 1 aromatic rings. The zero-order valence-electron chi connectivity index (χ0n) is 11.3. The van der Waals surface area contributed by atoms with Gasteiger partial charge in [-0.3, -0.25) is 19.7 Å². The Kier molecular flexibility index (Phi) is 3.13. The van der Waals surface area contributed by atoms with Crippen LogP contribution in [0.5, 0.6) is 0 Å². The van der Waals surface area contributed by atoms with Crippen LogP contribution < -0.4 is 16.8 Å². The number of amides is 3. The Hall–Kier alpha value is -2.57. The van der Waals surface area contributed by atoms with Crippen molar-refractivity contribution in [3.05, 3.63) is 23.8 Å². The van der Waals surface area contributed by atoms with Crippen LogP contribution in [0.2, 0.25) is 0 Å². The standard InChI is InChI=1S/C13H16N4O3/c1-13(2)12(20)16-10(18)6-17(13)11(19)7-3-8(14)5-9(15)4-7/h3-5H,6,14-15H2,1-2H3,(H,16,18,20). The number of carbonyl (C=O) groups is 3. The highest BCUT2D eigenvalue weighted by molar-refractivity contribution is 6.09. The van der Waals surface area contributed by atoms with Gasteiger partial charge in [-0.25, -0.2) is 0 Å². The maximum absolute atomic E-state index is 12.5. The smallest absolute Gasteiger partial charge is 0.255 e. The Bertz CT molecular complexity index is 589. The predicted molar refractivity (Wildman–Crippen MR) is 73.5 cm³/mol. The number of benzene rings is 1. The van der Waals surface area contributed by atoms with E-state index in [1.165, 1.54) is 23.1 Å². The Morgan fingerprint density at radius 2 is 1.75 bits per heavy atom. The molecule has 0 unspecified atom stereocenters. The first-order valence-corrected chi connectivity index (χ1v) is 6.04. The molecule has 0 saturated carbocycles. The lowest BCUT2D eigenvalue weighted by atomic mass is 9.97. The van der Waals surface area contributed by atoms with Crippen LogP contribution in [-0.2, 0) is 9.59 Å². The number of hydrogen-bond acceptors (Lipinski definition) is 5. The summed E-state index contributed by atoms with van der Waals surface area (Å²) in [5.41, 5.74) is 11.1. The Morgan fingerprint density at radius 3 is 2.30 bits per heavy atom. The maximum Gasteiger partial charge on any atom is 0.255 e. The van der Waals surface area contributed by atoms with Gasteiger partial charge in [-0.1, -0.05) is 0 Å². The third-order valence-electron chi connectivity index (χ3n) is 3.25. The van der Waals surface area contributed by atoms with Gasteiger partial charge in [0.15, 0.2) is 0 Å². The summed E-state index contributed by atoms with van der Waals surface area (Å²) >= 11 is 0. The maximum atomic E-state index is 12.5. The molecule has 1 aliphatic rings. The summed E-state index contributed by atoms with van der Waals surface area (Å²) in [5, 5.41) is 2.21. The van der Waals surface area contributed by atoms with Crippen molar-refractivity contribution in [2.24, 2.45) is 0 Å². The van der Waals surface area contributed by atoms with E-state index >= 15 is 0 Å². The van der Waals surface area contributed by atoms with Crippen LogP contribution in [0.3, 0.4) is 0 Å². The molecule has 0 aliphatic carbocycles. The molecule has 1 fully saturated rings. The van der Waals surface area contributed by atoms with E-state index in [9.17, 15) is 14.4 Å². The highest BCUT2D eigenvalue weighted by Crippen LogP contribution is 2.23. The number of carbonyl (C=O) groups excluding carboxylic acids is 3. The molecule has 20 heavy (non-hydrogen) atoms. The van der Waals surface area contributed by atoms with Crippen LogP contribution >= 0.6 is 0 Å². The number of nitrogen functional groups attached to an aromatic ring is 2. The zero-order valence-corrected chi connectivity index (χ0v) is 11.3. The molecule has 1 aliphatic heterocycles. The van der Waals surface area contributed by atoms with Crippen molar-refractivity contribution in [2.45, 2.75) is 19.4 Å². The Balaban J connectivity index is 2.40. The first-order valence-electron chi connectivity index (χ1n) is 6.04. The summed E-state index contributed by atoms with van der Waals surface area (Å²) < 4.78 is 0. The average Bonchev–Trinajstić information content (AvgIpc) is 2.32. The molecule has 0 atom stereocenters. The molecule has 5 N–H and O–H groups in total. The molecule has 2 rings (SSSR count). The number of nitrogens with zero attached hydrogens (tertiary/aromatic N) is 1. The van der Waals surface area contributed by atoms with E-state index in [1.807, 2.05) is 0 Å². The second kappa shape index (κ2) is 4.52. The van der Waals surface area contributed by atoms with Crippen molar-refractivity contribution in [3.8, 4) is 0 Å². The molecule has 1 saturated heterocycles. The monoisotopic (exact) mass is 276 g/mol. The fourth-order valence-corrected chi connectivity index (χ4v) is 2.06. The minimum absolute atomic E-state index is 0.188. The van der Waals surface area contributed by atoms with Crippen molar-refractivity contribution in [3.63, 3.8) is 0 Å². The number of anilines is 2. The highest BCUT2D eigenvalue weighted by Gasteiger charge is 2.43. The van der Waals surface area contributed by atoms with Crippen molar-refractivity contribution < 1.29 is 14.4 Å². The summed E-state index contributed by atoms with van der Waals surface area (Å²) in [4.78, 5) is 37.0. The van der Waals surface area contributed by atoms with Gasteiger partial charge >= 0.3 is 0 Å². The third kappa shape index (κ3) is 2.29. The summed E-state index contributed by atoms with van der Waals surface area (Å²) in [6, 6.07) is 4.45. The molecule has 1 heterocycles. The van der Waals surface area contributed by atoms with E-state index in [4.69, 9.17) is 11.5 Å². The molecular formula is C13H16N4O3. The van der Waals surface area contributed by atoms with Gasteiger partial charge in [0.25, 0.3) is 11.8 Å². The van der Waals surface area contributed by atoms with Crippen molar-refractivity contribution in [1.29, 1.82) is 0 Å². The van der Waals surface area contributed by atoms with Gasteiger partial charge < -0.3 is 16.4 Å². The number of nitrogens with two attached hydrogens (primary N) is 2. The largest absolute Gasteiger partial charge is 0.399 e. The summed E-state index contributed by atoms with van der Waals surface area (Å²) in [7, 11) is 0. The number of nitrogens with one attached hydrogen (secondary N) is 1. The quantitative estimate of drug-likeness (QED) is 0.482. The van der Waals surface area contributed by atoms with E-state index in [0.717, 1.165) is 0 Å². The van der Waals surface area contributed by atoms with Crippen LogP contribution in [-0.4, -0.2) is 34.7 Å². The Labute approximate surface area is 115 Å². The fraction of sp³-hybridized carbons (Fsp3) is 0.308. The second-order valence-electron chi connectivity index (χ2n) is 5.22. The molecular weight excluding hydrogens is 260 g/mol. The highest BCUT2D eigenvalue weighted by atomic mass is 16.2. The molecule has 7 nitrogen and oxygen atoms in total. The zero-order chi connectivity index (χ0) is 15.1. The van der Waals surface area contributed by atoms with Gasteiger partial charge in [0.2, 0.25) is 5.91 Å². The van der Waals surface area contributed by atoms with Gasteiger partial charge in [0.1, 0.15) is 12.1 Å². The molecule has 3 amide bonds. The lowest BCUT2D eigenvalue weighted by Gasteiger charge is -2.40.